The lowest BCUT2D eigenvalue weighted by Crippen LogP contribution is -2.32. The number of Topliss-reactive ketones (excluding diaryl/α,β-unsaturated/α-hetero) is 2. The average Bonchev–Trinajstić information content (AvgIpc) is 2.50. The summed E-state index contributed by atoms with van der Waals surface area (Å²) in [7, 11) is 0. The van der Waals surface area contributed by atoms with Crippen LogP contribution in [-0.2, 0) is 16.0 Å². The third-order valence-corrected chi connectivity index (χ3v) is 3.64. The van der Waals surface area contributed by atoms with Gasteiger partial charge in [0.1, 0.15) is 17.2 Å². The Hall–Kier alpha value is -3.35. The van der Waals surface area contributed by atoms with Crippen LogP contribution in [0.3, 0.4) is 0 Å². The van der Waals surface area contributed by atoms with E-state index in [1.54, 1.807) is 0 Å². The van der Waals surface area contributed by atoms with Crippen molar-refractivity contribution >= 4 is 17.5 Å². The second-order valence-corrected chi connectivity index (χ2v) is 5.33. The number of ketones is 2. The van der Waals surface area contributed by atoms with Crippen molar-refractivity contribution in [1.82, 2.24) is 0 Å². The Bertz CT molecular complexity index is 852. The third-order valence-electron chi connectivity index (χ3n) is 3.64. The van der Waals surface area contributed by atoms with Gasteiger partial charge in [-0.2, -0.15) is 0 Å². The largest absolute Gasteiger partial charge is 0.508 e. The summed E-state index contributed by atoms with van der Waals surface area (Å²) in [5, 5.41) is 28.0. The number of aromatic hydroxyl groups is 2. The lowest BCUT2D eigenvalue weighted by molar-refractivity contribution is -0.136. The molecular weight excluding hydrogens is 316 g/mol. The highest BCUT2D eigenvalue weighted by Gasteiger charge is 2.38. The molecule has 2 aromatic carbocycles. The van der Waals surface area contributed by atoms with Crippen LogP contribution < -0.4 is 4.74 Å². The average molecular weight is 328 g/mol. The van der Waals surface area contributed by atoms with E-state index in [4.69, 9.17) is 9.84 Å². The number of hydrogen-bond acceptors (Lipinski definition) is 6. The predicted octanol–water partition coefficient (Wildman–Crippen LogP) is 1.61. The van der Waals surface area contributed by atoms with Crippen molar-refractivity contribution in [2.45, 2.75) is 12.5 Å². The van der Waals surface area contributed by atoms with E-state index in [1.807, 2.05) is 0 Å². The van der Waals surface area contributed by atoms with Gasteiger partial charge in [-0.15, -0.1) is 0 Å². The fourth-order valence-electron chi connectivity index (χ4n) is 2.60. The summed E-state index contributed by atoms with van der Waals surface area (Å²) in [6.45, 7) is 0. The van der Waals surface area contributed by atoms with Crippen LogP contribution in [0, 0.1) is 0 Å². The molecule has 1 atom stereocenters. The molecule has 122 valence electrons. The van der Waals surface area contributed by atoms with E-state index >= 15 is 0 Å². The molecule has 0 spiro atoms. The van der Waals surface area contributed by atoms with E-state index in [2.05, 4.69) is 0 Å². The lowest BCUT2D eigenvalue weighted by Gasteiger charge is -2.25. The Labute approximate surface area is 135 Å². The van der Waals surface area contributed by atoms with Crippen LogP contribution in [0.2, 0.25) is 0 Å². The minimum absolute atomic E-state index is 0.00451. The zero-order valence-corrected chi connectivity index (χ0v) is 12.2. The summed E-state index contributed by atoms with van der Waals surface area (Å²) in [6, 6.07) is 7.88. The van der Waals surface area contributed by atoms with Crippen LogP contribution in [0.15, 0.2) is 36.4 Å². The maximum absolute atomic E-state index is 12.4. The number of hydrogen-bond donors (Lipinski definition) is 3. The summed E-state index contributed by atoms with van der Waals surface area (Å²) in [6.07, 6.45) is -1.74. The Morgan fingerprint density at radius 1 is 1.04 bits per heavy atom. The minimum Gasteiger partial charge on any atom is -0.508 e. The molecule has 1 aliphatic rings. The van der Waals surface area contributed by atoms with Gasteiger partial charge in [0.2, 0.25) is 11.6 Å². The molecule has 7 nitrogen and oxygen atoms in total. The number of aliphatic carboxylic acids is 1. The number of carboxylic acid groups (broad SMARTS) is 1. The molecule has 0 saturated heterocycles. The zero-order chi connectivity index (χ0) is 17.4. The van der Waals surface area contributed by atoms with E-state index in [0.29, 0.717) is 5.56 Å². The maximum atomic E-state index is 12.4. The monoisotopic (exact) mass is 328 g/mol. The Morgan fingerprint density at radius 3 is 2.33 bits per heavy atom. The van der Waals surface area contributed by atoms with Gasteiger partial charge in [-0.25, -0.2) is 0 Å². The Balaban J connectivity index is 2.08. The summed E-state index contributed by atoms with van der Waals surface area (Å²) >= 11 is 0. The van der Waals surface area contributed by atoms with Gasteiger partial charge < -0.3 is 20.1 Å². The van der Waals surface area contributed by atoms with Crippen LogP contribution in [0.25, 0.3) is 0 Å². The van der Waals surface area contributed by atoms with Crippen LogP contribution in [0.5, 0.6) is 17.2 Å². The Kier molecular flexibility index (Phi) is 3.69. The van der Waals surface area contributed by atoms with Gasteiger partial charge in [-0.05, 0) is 23.8 Å². The normalized spacial score (nSPS) is 16.4. The van der Waals surface area contributed by atoms with Gasteiger partial charge in [0.15, 0.2) is 6.10 Å². The summed E-state index contributed by atoms with van der Waals surface area (Å²) < 4.78 is 5.54. The maximum Gasteiger partial charge on any atom is 0.307 e. The number of carbonyl (C=O) groups excluding carboxylic acids is 2. The molecule has 0 fully saturated rings. The molecule has 3 N–H and O–H groups in total. The van der Waals surface area contributed by atoms with Crippen molar-refractivity contribution < 1.29 is 34.4 Å². The summed E-state index contributed by atoms with van der Waals surface area (Å²) in [5.74, 6) is -3.24. The number of ether oxygens (including phenoxy) is 1. The molecule has 2 aromatic rings. The topological polar surface area (TPSA) is 121 Å². The first-order valence-corrected chi connectivity index (χ1v) is 6.98. The predicted molar refractivity (Wildman–Crippen MR) is 80.3 cm³/mol. The van der Waals surface area contributed by atoms with E-state index < -0.39 is 30.1 Å². The highest BCUT2D eigenvalue weighted by molar-refractivity contribution is 6.46. The number of carboxylic acids is 1. The zero-order valence-electron chi connectivity index (χ0n) is 12.2. The fourth-order valence-corrected chi connectivity index (χ4v) is 2.60. The number of phenolic OH excluding ortho intramolecular Hbond substituents is 2. The second-order valence-electron chi connectivity index (χ2n) is 5.33. The van der Waals surface area contributed by atoms with Gasteiger partial charge in [-0.1, -0.05) is 12.1 Å². The van der Waals surface area contributed by atoms with E-state index in [1.165, 1.54) is 30.3 Å². The van der Waals surface area contributed by atoms with Crippen molar-refractivity contribution in [3.63, 3.8) is 0 Å². The molecular formula is C17H12O7. The minimum atomic E-state index is -1.22. The van der Waals surface area contributed by atoms with Gasteiger partial charge in [0, 0.05) is 11.6 Å². The highest BCUT2D eigenvalue weighted by Crippen LogP contribution is 2.38. The van der Waals surface area contributed by atoms with Gasteiger partial charge in [0.05, 0.1) is 12.0 Å². The van der Waals surface area contributed by atoms with E-state index in [-0.39, 0.29) is 28.4 Å². The first-order valence-electron chi connectivity index (χ1n) is 6.98. The molecule has 24 heavy (non-hydrogen) atoms. The summed E-state index contributed by atoms with van der Waals surface area (Å²) in [5.41, 5.74) is 0.232. The molecule has 7 heteroatoms. The molecule has 0 bridgehead atoms. The van der Waals surface area contributed by atoms with Crippen molar-refractivity contribution in [3.8, 4) is 17.2 Å². The van der Waals surface area contributed by atoms with Crippen LogP contribution in [0.1, 0.15) is 27.6 Å². The Morgan fingerprint density at radius 2 is 1.71 bits per heavy atom. The first-order chi connectivity index (χ1) is 11.4. The van der Waals surface area contributed by atoms with Crippen LogP contribution >= 0.6 is 0 Å². The number of carbonyl (C=O) groups is 3. The number of rotatable bonds is 3. The van der Waals surface area contributed by atoms with Gasteiger partial charge in [0.25, 0.3) is 0 Å². The van der Waals surface area contributed by atoms with Crippen molar-refractivity contribution in [2.75, 3.05) is 0 Å². The smallest absolute Gasteiger partial charge is 0.307 e. The number of phenols is 2. The third kappa shape index (κ3) is 2.67. The van der Waals surface area contributed by atoms with E-state index in [9.17, 15) is 24.6 Å². The second kappa shape index (κ2) is 5.69. The standard InChI is InChI=1S/C17H12O7/c18-10-3-1-8(2-4-10)17-16(23)15(22)14-9(6-13(20)21)5-11(19)7-12(14)24-17/h1-5,7,17-19H,6H2,(H,20,21). The number of benzene rings is 2. The SMILES string of the molecule is O=C(O)Cc1cc(O)cc2c1C(=O)C(=O)C(c1ccc(O)cc1)O2. The van der Waals surface area contributed by atoms with Crippen molar-refractivity contribution in [1.29, 1.82) is 0 Å². The van der Waals surface area contributed by atoms with Gasteiger partial charge in [-0.3, -0.25) is 14.4 Å². The molecule has 0 amide bonds. The lowest BCUT2D eigenvalue weighted by atomic mass is 9.90. The van der Waals surface area contributed by atoms with Crippen LogP contribution in [-0.4, -0.2) is 32.9 Å². The van der Waals surface area contributed by atoms with Crippen molar-refractivity contribution in [2.24, 2.45) is 0 Å². The molecule has 1 unspecified atom stereocenters. The molecule has 1 heterocycles. The molecule has 0 saturated carbocycles. The summed E-state index contributed by atoms with van der Waals surface area (Å²) in [4.78, 5) is 35.7. The molecule has 0 radical (unpaired) electrons. The molecule has 3 rings (SSSR count). The first kappa shape index (κ1) is 15.5. The van der Waals surface area contributed by atoms with E-state index in [0.717, 1.165) is 6.07 Å². The highest BCUT2D eigenvalue weighted by atomic mass is 16.5. The molecule has 0 aliphatic carbocycles. The van der Waals surface area contributed by atoms with Crippen LogP contribution in [0.4, 0.5) is 0 Å². The fraction of sp³-hybridized carbons (Fsp3) is 0.118. The molecule has 1 aliphatic heterocycles. The number of fused-ring (bicyclic) bond motifs is 1. The quantitative estimate of drug-likeness (QED) is 0.732. The van der Waals surface area contributed by atoms with Crippen molar-refractivity contribution in [3.05, 3.63) is 53.1 Å². The molecule has 0 aromatic heterocycles. The van der Waals surface area contributed by atoms with Gasteiger partial charge >= 0.3 is 5.97 Å².